The second-order valence-corrected chi connectivity index (χ2v) is 8.54. The van der Waals surface area contributed by atoms with E-state index in [2.05, 4.69) is 15.7 Å². The molecule has 0 bridgehead atoms. The Hall–Kier alpha value is -4.00. The number of hydrogen-bond donors (Lipinski definition) is 2. The lowest BCUT2D eigenvalue weighted by atomic mass is 9.72. The second-order valence-electron chi connectivity index (χ2n) is 8.54. The number of nitrogens with one attached hydrogen (secondary N) is 2. The third-order valence-electron chi connectivity index (χ3n) is 6.52. The van der Waals surface area contributed by atoms with Crippen LogP contribution in [0.3, 0.4) is 0 Å². The zero-order chi connectivity index (χ0) is 24.3. The van der Waals surface area contributed by atoms with Crippen molar-refractivity contribution in [2.24, 2.45) is 0 Å². The minimum atomic E-state index is -0.718. The van der Waals surface area contributed by atoms with Crippen molar-refractivity contribution in [3.05, 3.63) is 83.2 Å². The van der Waals surface area contributed by atoms with Crippen LogP contribution in [0.25, 0.3) is 11.8 Å². The van der Waals surface area contributed by atoms with Crippen LogP contribution in [0.5, 0.6) is 0 Å². The fraction of sp³-hybridized carbons (Fsp3) is 0.259. The molecule has 1 saturated heterocycles. The zero-order valence-corrected chi connectivity index (χ0v) is 19.6. The molecule has 7 nitrogen and oxygen atoms in total. The average Bonchev–Trinajstić information content (AvgIpc) is 3.12. The van der Waals surface area contributed by atoms with E-state index in [9.17, 15) is 14.4 Å². The molecule has 0 spiro atoms. The van der Waals surface area contributed by atoms with E-state index in [0.717, 1.165) is 28.2 Å². The number of hydrogen-bond acceptors (Lipinski definition) is 4. The monoisotopic (exact) mass is 456 g/mol. The molecule has 1 aromatic heterocycles. The van der Waals surface area contributed by atoms with E-state index in [1.54, 1.807) is 18.2 Å². The number of aryl methyl sites for hydroxylation is 1. The van der Waals surface area contributed by atoms with E-state index in [0.29, 0.717) is 24.9 Å². The van der Waals surface area contributed by atoms with E-state index in [1.807, 2.05) is 67.9 Å². The first kappa shape index (κ1) is 23.2. The molecule has 0 radical (unpaired) electrons. The fourth-order valence-corrected chi connectivity index (χ4v) is 4.50. The Balaban J connectivity index is 1.46. The van der Waals surface area contributed by atoms with Crippen molar-refractivity contribution in [1.82, 2.24) is 15.1 Å². The Morgan fingerprint density at radius 3 is 2.47 bits per heavy atom. The summed E-state index contributed by atoms with van der Waals surface area (Å²) >= 11 is 0. The van der Waals surface area contributed by atoms with Crippen LogP contribution in [-0.2, 0) is 19.8 Å². The van der Waals surface area contributed by atoms with E-state index in [1.165, 1.54) is 6.08 Å². The molecule has 2 aromatic carbocycles. The summed E-state index contributed by atoms with van der Waals surface area (Å²) in [6.45, 7) is 5.84. The number of benzene rings is 2. The molecular formula is C27H28N4O3. The first-order valence-electron chi connectivity index (χ1n) is 11.4. The first-order chi connectivity index (χ1) is 16.3. The van der Waals surface area contributed by atoms with Gasteiger partial charge in [-0.25, -0.2) is 4.68 Å². The number of imide groups is 1. The summed E-state index contributed by atoms with van der Waals surface area (Å²) in [5.74, 6) is -0.748. The minimum Gasteiger partial charge on any atom is -0.323 e. The number of aromatic nitrogens is 2. The van der Waals surface area contributed by atoms with Crippen LogP contribution in [0.15, 0.2) is 60.7 Å². The summed E-state index contributed by atoms with van der Waals surface area (Å²) in [7, 11) is 0. The average molecular weight is 457 g/mol. The molecule has 3 aromatic rings. The molecule has 174 valence electrons. The van der Waals surface area contributed by atoms with Crippen molar-refractivity contribution in [1.29, 1.82) is 0 Å². The Morgan fingerprint density at radius 2 is 1.82 bits per heavy atom. The Kier molecular flexibility index (Phi) is 6.45. The SMILES string of the molecule is CCC1(c2ccc(NC(=O)/C=C/c3c(C)nn(-c4ccccc4)c3C)cc2)CCC(=O)NC1=O. The first-order valence-corrected chi connectivity index (χ1v) is 11.4. The van der Waals surface area contributed by atoms with Crippen LogP contribution < -0.4 is 10.6 Å². The highest BCUT2D eigenvalue weighted by atomic mass is 16.2. The molecule has 0 saturated carbocycles. The van der Waals surface area contributed by atoms with Gasteiger partial charge >= 0.3 is 0 Å². The second kappa shape index (κ2) is 9.47. The number of carbonyl (C=O) groups excluding carboxylic acids is 3. The summed E-state index contributed by atoms with van der Waals surface area (Å²) in [4.78, 5) is 36.7. The molecule has 3 amide bonds. The molecule has 2 N–H and O–H groups in total. The molecule has 0 aliphatic carbocycles. The molecule has 2 heterocycles. The number of para-hydroxylation sites is 1. The molecule has 7 heteroatoms. The number of piperidine rings is 1. The van der Waals surface area contributed by atoms with Crippen molar-refractivity contribution in [2.75, 3.05) is 5.32 Å². The van der Waals surface area contributed by atoms with Gasteiger partial charge in [-0.3, -0.25) is 19.7 Å². The van der Waals surface area contributed by atoms with Crippen molar-refractivity contribution < 1.29 is 14.4 Å². The van der Waals surface area contributed by atoms with Crippen LogP contribution in [0.2, 0.25) is 0 Å². The van der Waals surface area contributed by atoms with E-state index >= 15 is 0 Å². The normalized spacial score (nSPS) is 18.2. The van der Waals surface area contributed by atoms with Crippen molar-refractivity contribution in [2.45, 2.75) is 45.4 Å². The minimum absolute atomic E-state index is 0.232. The Morgan fingerprint density at radius 1 is 1.12 bits per heavy atom. The van der Waals surface area contributed by atoms with Gasteiger partial charge in [-0.05, 0) is 62.6 Å². The van der Waals surface area contributed by atoms with Crippen LogP contribution in [0.4, 0.5) is 5.69 Å². The smallest absolute Gasteiger partial charge is 0.248 e. The van der Waals surface area contributed by atoms with Gasteiger partial charge in [0.15, 0.2) is 0 Å². The van der Waals surface area contributed by atoms with Gasteiger partial charge in [0.25, 0.3) is 0 Å². The Bertz CT molecular complexity index is 1260. The molecule has 4 rings (SSSR count). The van der Waals surface area contributed by atoms with Gasteiger partial charge in [-0.2, -0.15) is 5.10 Å². The van der Waals surface area contributed by atoms with Gasteiger partial charge in [0.2, 0.25) is 17.7 Å². The van der Waals surface area contributed by atoms with Crippen molar-refractivity contribution in [3.63, 3.8) is 0 Å². The van der Waals surface area contributed by atoms with Crippen LogP contribution >= 0.6 is 0 Å². The van der Waals surface area contributed by atoms with E-state index < -0.39 is 5.41 Å². The highest BCUT2D eigenvalue weighted by Gasteiger charge is 2.42. The lowest BCUT2D eigenvalue weighted by molar-refractivity contribution is -0.138. The van der Waals surface area contributed by atoms with Gasteiger partial charge in [-0.15, -0.1) is 0 Å². The third-order valence-corrected chi connectivity index (χ3v) is 6.52. The third kappa shape index (κ3) is 4.41. The predicted octanol–water partition coefficient (Wildman–Crippen LogP) is 4.23. The quantitative estimate of drug-likeness (QED) is 0.429. The number of nitrogens with zero attached hydrogens (tertiary/aromatic N) is 2. The van der Waals surface area contributed by atoms with Crippen molar-refractivity contribution in [3.8, 4) is 5.69 Å². The highest BCUT2D eigenvalue weighted by molar-refractivity contribution is 6.04. The molecular weight excluding hydrogens is 428 g/mol. The molecule has 1 aliphatic rings. The number of amides is 3. The molecule has 1 atom stereocenters. The standard InChI is InChI=1S/C27H28N4O3/c1-4-27(17-16-25(33)29-26(27)34)20-10-12-21(13-11-20)28-24(32)15-14-23-18(2)30-31(19(23)3)22-8-6-5-7-9-22/h5-15H,4,16-17H2,1-3H3,(H,28,32)(H,29,33,34)/b15-14+. The van der Waals surface area contributed by atoms with Crippen LogP contribution in [0.1, 0.15) is 48.7 Å². The summed E-state index contributed by atoms with van der Waals surface area (Å²) in [5, 5.41) is 9.92. The molecule has 1 unspecified atom stereocenters. The molecule has 1 fully saturated rings. The van der Waals surface area contributed by atoms with E-state index in [4.69, 9.17) is 0 Å². The maximum atomic E-state index is 12.6. The molecule has 34 heavy (non-hydrogen) atoms. The maximum absolute atomic E-state index is 12.6. The topological polar surface area (TPSA) is 93.1 Å². The zero-order valence-electron chi connectivity index (χ0n) is 19.6. The number of rotatable bonds is 6. The number of carbonyl (C=O) groups is 3. The van der Waals surface area contributed by atoms with Gasteiger partial charge in [0, 0.05) is 29.4 Å². The van der Waals surface area contributed by atoms with Crippen molar-refractivity contribution >= 4 is 29.5 Å². The van der Waals surface area contributed by atoms with E-state index in [-0.39, 0.29) is 17.7 Å². The summed E-state index contributed by atoms with van der Waals surface area (Å²) < 4.78 is 1.87. The fourth-order valence-electron chi connectivity index (χ4n) is 4.50. The molecule has 1 aliphatic heterocycles. The Labute approximate surface area is 198 Å². The predicted molar refractivity (Wildman–Crippen MR) is 131 cm³/mol. The van der Waals surface area contributed by atoms with Gasteiger partial charge in [0.1, 0.15) is 0 Å². The lowest BCUT2D eigenvalue weighted by Crippen LogP contribution is -2.51. The summed E-state index contributed by atoms with van der Waals surface area (Å²) in [5.41, 5.74) is 4.41. The summed E-state index contributed by atoms with van der Waals surface area (Å²) in [6, 6.07) is 17.1. The maximum Gasteiger partial charge on any atom is 0.248 e. The number of anilines is 1. The van der Waals surface area contributed by atoms with Crippen LogP contribution in [0, 0.1) is 13.8 Å². The lowest BCUT2D eigenvalue weighted by Gasteiger charge is -2.35. The summed E-state index contributed by atoms with van der Waals surface area (Å²) in [6.07, 6.45) is 4.67. The van der Waals surface area contributed by atoms with Gasteiger partial charge < -0.3 is 5.32 Å². The van der Waals surface area contributed by atoms with Gasteiger partial charge in [0.05, 0.1) is 16.8 Å². The largest absolute Gasteiger partial charge is 0.323 e. The van der Waals surface area contributed by atoms with Gasteiger partial charge in [-0.1, -0.05) is 37.3 Å². The van der Waals surface area contributed by atoms with Crippen LogP contribution in [-0.4, -0.2) is 27.5 Å². The highest BCUT2D eigenvalue weighted by Crippen LogP contribution is 2.36.